The number of rotatable bonds is 15. The summed E-state index contributed by atoms with van der Waals surface area (Å²) in [5.41, 5.74) is -0.0894. The third-order valence-electron chi connectivity index (χ3n) is 8.22. The Kier molecular flexibility index (Phi) is 10.8. The number of aromatic amines is 1. The van der Waals surface area contributed by atoms with Crippen molar-refractivity contribution in [2.75, 3.05) is 0 Å². The number of H-pyrrole nitrogens is 1. The number of alkyl halides is 7. The highest BCUT2D eigenvalue weighted by Gasteiger charge is 2.74. The summed E-state index contributed by atoms with van der Waals surface area (Å²) >= 11 is 3.33. The van der Waals surface area contributed by atoms with Crippen LogP contribution in [0.1, 0.15) is 80.7 Å². The van der Waals surface area contributed by atoms with Crippen LogP contribution in [0.4, 0.5) is 30.7 Å². The monoisotopic (exact) mass is 695 g/mol. The predicted molar refractivity (Wildman–Crippen MR) is 177 cm³/mol. The smallest absolute Gasteiger partial charge is 0.276 e. The number of thiophene rings is 2. The van der Waals surface area contributed by atoms with Crippen molar-refractivity contribution < 1.29 is 30.7 Å². The molecular formula is C35H36F7N3S2. The number of fused-ring (bicyclic) bond motifs is 1. The summed E-state index contributed by atoms with van der Waals surface area (Å²) in [5.74, 6) is -11.9. The minimum atomic E-state index is -6.46. The molecule has 47 heavy (non-hydrogen) atoms. The first-order chi connectivity index (χ1) is 22.4. The first-order valence-corrected chi connectivity index (χ1v) is 17.5. The number of hydrogen-bond acceptors (Lipinski definition) is 4. The number of unbranched alkanes of at least 4 members (excludes halogenated alkanes) is 6. The van der Waals surface area contributed by atoms with Crippen molar-refractivity contribution in [2.45, 2.75) is 96.1 Å². The zero-order chi connectivity index (χ0) is 33.8. The van der Waals surface area contributed by atoms with Crippen molar-refractivity contribution in [3.8, 4) is 32.3 Å². The second-order valence-corrected chi connectivity index (χ2v) is 14.1. The summed E-state index contributed by atoms with van der Waals surface area (Å²) in [4.78, 5) is 8.80. The van der Waals surface area contributed by atoms with Crippen molar-refractivity contribution in [3.63, 3.8) is 0 Å². The standard InChI is InChI=1S/C35H36F7N3S2/c1-3-5-7-9-11-23-13-15-29(46-23)22-19-26(30-16-14-24(47-30)12-10-8-6-4-2)25-17-18-43-32(27(25)20-22)28-21-31(45-44-28)33(36,37)34(38,39)35(40,41)42/h13-21H,3-12H2,1-2H3,(H,44,45). The topological polar surface area (TPSA) is 41.6 Å². The number of halogens is 7. The second-order valence-electron chi connectivity index (χ2n) is 11.7. The number of pyridine rings is 1. The average Bonchev–Trinajstić information content (AvgIpc) is 3.82. The first-order valence-electron chi connectivity index (χ1n) is 15.9. The summed E-state index contributed by atoms with van der Waals surface area (Å²) < 4.78 is 95.5. The predicted octanol–water partition coefficient (Wildman–Crippen LogP) is 12.6. The first kappa shape index (κ1) is 35.1. The van der Waals surface area contributed by atoms with Crippen LogP contribution in [0.25, 0.3) is 43.0 Å². The van der Waals surface area contributed by atoms with Gasteiger partial charge in [-0.2, -0.15) is 35.8 Å². The molecule has 12 heteroatoms. The van der Waals surface area contributed by atoms with Crippen LogP contribution < -0.4 is 0 Å². The van der Waals surface area contributed by atoms with Crippen molar-refractivity contribution in [1.29, 1.82) is 0 Å². The molecule has 0 aliphatic carbocycles. The van der Waals surface area contributed by atoms with Crippen LogP contribution in [0.15, 0.2) is 54.7 Å². The van der Waals surface area contributed by atoms with Gasteiger partial charge in [0.2, 0.25) is 0 Å². The largest absolute Gasteiger partial charge is 0.460 e. The lowest BCUT2D eigenvalue weighted by atomic mass is 9.97. The van der Waals surface area contributed by atoms with E-state index in [1.54, 1.807) is 33.8 Å². The molecule has 0 aliphatic rings. The molecule has 0 fully saturated rings. The zero-order valence-corrected chi connectivity index (χ0v) is 27.8. The van der Waals surface area contributed by atoms with Gasteiger partial charge in [0, 0.05) is 36.7 Å². The number of nitrogens with zero attached hydrogens (tertiary/aromatic N) is 2. The molecule has 5 aromatic rings. The van der Waals surface area contributed by atoms with Gasteiger partial charge in [-0.1, -0.05) is 52.4 Å². The Balaban J connectivity index is 1.59. The van der Waals surface area contributed by atoms with E-state index in [4.69, 9.17) is 0 Å². The molecule has 4 aromatic heterocycles. The van der Waals surface area contributed by atoms with Crippen molar-refractivity contribution >= 4 is 33.4 Å². The molecule has 252 valence electrons. The molecule has 4 heterocycles. The molecule has 0 amide bonds. The number of hydrogen-bond donors (Lipinski definition) is 1. The molecule has 0 saturated heterocycles. The third-order valence-corrected chi connectivity index (χ3v) is 10.6. The van der Waals surface area contributed by atoms with E-state index in [-0.39, 0.29) is 11.4 Å². The molecule has 3 nitrogen and oxygen atoms in total. The highest BCUT2D eigenvalue weighted by molar-refractivity contribution is 7.16. The molecule has 0 aliphatic heterocycles. The average molecular weight is 696 g/mol. The van der Waals surface area contributed by atoms with Gasteiger partial charge >= 0.3 is 18.0 Å². The van der Waals surface area contributed by atoms with Crippen LogP contribution in [-0.2, 0) is 18.8 Å². The fourth-order valence-electron chi connectivity index (χ4n) is 5.56. The Hall–Kier alpha value is -3.25. The summed E-state index contributed by atoms with van der Waals surface area (Å²) in [6.45, 7) is 4.33. The summed E-state index contributed by atoms with van der Waals surface area (Å²) in [6.07, 6.45) is 6.01. The molecule has 1 N–H and O–H groups in total. The van der Waals surface area contributed by atoms with E-state index in [0.717, 1.165) is 77.6 Å². The maximum absolute atomic E-state index is 14.6. The van der Waals surface area contributed by atoms with Gasteiger partial charge in [0.05, 0.1) is 5.69 Å². The molecular weight excluding hydrogens is 660 g/mol. The van der Waals surface area contributed by atoms with Gasteiger partial charge in [-0.25, -0.2) is 0 Å². The Morgan fingerprint density at radius 1 is 0.681 bits per heavy atom. The number of aryl methyl sites for hydroxylation is 2. The van der Waals surface area contributed by atoms with E-state index in [1.165, 1.54) is 28.8 Å². The van der Waals surface area contributed by atoms with Crippen LogP contribution in [0.3, 0.4) is 0 Å². The van der Waals surface area contributed by atoms with Gasteiger partial charge < -0.3 is 0 Å². The Morgan fingerprint density at radius 3 is 1.91 bits per heavy atom. The fourth-order valence-corrected chi connectivity index (χ4v) is 7.68. The van der Waals surface area contributed by atoms with Gasteiger partial charge in [0.1, 0.15) is 11.4 Å². The van der Waals surface area contributed by atoms with E-state index < -0.39 is 23.7 Å². The summed E-state index contributed by atoms with van der Waals surface area (Å²) in [7, 11) is 0. The Bertz CT molecular complexity index is 1790. The Morgan fingerprint density at radius 2 is 1.30 bits per heavy atom. The van der Waals surface area contributed by atoms with E-state index in [2.05, 4.69) is 48.2 Å². The third kappa shape index (κ3) is 7.43. The lowest BCUT2D eigenvalue weighted by Gasteiger charge is -2.26. The highest BCUT2D eigenvalue weighted by atomic mass is 32.1. The van der Waals surface area contributed by atoms with Gasteiger partial charge in [-0.05, 0) is 85.2 Å². The molecule has 0 bridgehead atoms. The maximum Gasteiger partial charge on any atom is 0.460 e. The minimum absolute atomic E-state index is 0.0897. The van der Waals surface area contributed by atoms with Crippen LogP contribution >= 0.6 is 22.7 Å². The van der Waals surface area contributed by atoms with Crippen LogP contribution in [0.2, 0.25) is 0 Å². The van der Waals surface area contributed by atoms with Gasteiger partial charge in [-0.3, -0.25) is 10.1 Å². The molecule has 1 aromatic carbocycles. The van der Waals surface area contributed by atoms with Crippen molar-refractivity contribution in [3.05, 3.63) is 70.2 Å². The molecule has 0 spiro atoms. The highest BCUT2D eigenvalue weighted by Crippen LogP contribution is 2.52. The van der Waals surface area contributed by atoms with E-state index in [0.29, 0.717) is 11.5 Å². The molecule has 0 unspecified atom stereocenters. The number of benzene rings is 1. The normalized spacial score (nSPS) is 12.8. The molecule has 5 rings (SSSR count). The molecule has 0 saturated carbocycles. The van der Waals surface area contributed by atoms with Crippen LogP contribution in [0, 0.1) is 0 Å². The van der Waals surface area contributed by atoms with Crippen molar-refractivity contribution in [2.24, 2.45) is 0 Å². The van der Waals surface area contributed by atoms with Crippen LogP contribution in [-0.4, -0.2) is 27.3 Å². The van der Waals surface area contributed by atoms with E-state index >= 15 is 0 Å². The van der Waals surface area contributed by atoms with Gasteiger partial charge in [0.25, 0.3) is 0 Å². The second kappa shape index (κ2) is 14.5. The van der Waals surface area contributed by atoms with Gasteiger partial charge in [-0.15, -0.1) is 22.7 Å². The molecule has 0 atom stereocenters. The fraction of sp³-hybridized carbons (Fsp3) is 0.429. The van der Waals surface area contributed by atoms with Crippen molar-refractivity contribution in [1.82, 2.24) is 15.2 Å². The SMILES string of the molecule is CCCCCCc1ccc(-c2cc(-c3ccc(CCCCCC)s3)c3ccnc(-c4cc(C(F)(F)C(F)(F)C(F)(F)F)[nH]n4)c3c2)s1. The number of aromatic nitrogens is 3. The van der Waals surface area contributed by atoms with Gasteiger partial charge in [0.15, 0.2) is 0 Å². The van der Waals surface area contributed by atoms with E-state index in [9.17, 15) is 30.7 Å². The zero-order valence-electron chi connectivity index (χ0n) is 26.1. The van der Waals surface area contributed by atoms with Crippen LogP contribution in [0.5, 0.6) is 0 Å². The minimum Gasteiger partial charge on any atom is -0.276 e. The lowest BCUT2D eigenvalue weighted by molar-refractivity contribution is -0.360. The summed E-state index contributed by atoms with van der Waals surface area (Å²) in [6, 6.07) is 14.5. The van der Waals surface area contributed by atoms with E-state index in [1.807, 2.05) is 12.1 Å². The maximum atomic E-state index is 14.6. The Labute approximate surface area is 277 Å². The summed E-state index contributed by atoms with van der Waals surface area (Å²) in [5, 5.41) is 6.72. The number of nitrogens with one attached hydrogen (secondary N) is 1. The molecule has 0 radical (unpaired) electrons. The quantitative estimate of drug-likeness (QED) is 0.0875. The lowest BCUT2D eigenvalue weighted by Crippen LogP contribution is -2.50.